The normalized spacial score (nSPS) is 25.0. The first-order chi connectivity index (χ1) is 15.1. The quantitative estimate of drug-likeness (QED) is 0.177. The van der Waals surface area contributed by atoms with Gasteiger partial charge in [-0.15, -0.1) is 0 Å². The number of likely N-dealkylation sites (N-methyl/N-ethyl adjacent to an activating group) is 2. The molecular formula is C29H52N2O. The molecular weight excluding hydrogens is 392 g/mol. The van der Waals surface area contributed by atoms with Crippen molar-refractivity contribution in [2.24, 2.45) is 16.7 Å². The number of methoxy groups -OCH3 is 1. The highest BCUT2D eigenvalue weighted by Gasteiger charge is 2.37. The van der Waals surface area contributed by atoms with Gasteiger partial charge in [0.25, 0.3) is 0 Å². The second kappa shape index (κ2) is 13.9. The Kier molecular flexibility index (Phi) is 12.4. The average molecular weight is 445 g/mol. The molecule has 1 rings (SSSR count). The van der Waals surface area contributed by atoms with Crippen molar-refractivity contribution in [1.29, 1.82) is 0 Å². The molecule has 3 nitrogen and oxygen atoms in total. The number of rotatable bonds is 12. The molecule has 1 aliphatic rings. The van der Waals surface area contributed by atoms with Gasteiger partial charge in [0.2, 0.25) is 0 Å². The zero-order valence-electron chi connectivity index (χ0n) is 22.7. The van der Waals surface area contributed by atoms with Crippen molar-refractivity contribution in [2.45, 2.75) is 80.6 Å². The number of nitrogens with zero attached hydrogens (tertiary/aromatic N) is 2. The van der Waals surface area contributed by atoms with Gasteiger partial charge in [-0.25, -0.2) is 0 Å². The minimum Gasteiger partial charge on any atom is -0.504 e. The fourth-order valence-electron chi connectivity index (χ4n) is 5.31. The Morgan fingerprint density at radius 1 is 1.12 bits per heavy atom. The minimum absolute atomic E-state index is 0.377. The van der Waals surface area contributed by atoms with Gasteiger partial charge >= 0.3 is 0 Å². The van der Waals surface area contributed by atoms with E-state index in [0.717, 1.165) is 26.2 Å². The molecule has 1 fully saturated rings. The van der Waals surface area contributed by atoms with Gasteiger partial charge in [0.15, 0.2) is 0 Å². The van der Waals surface area contributed by atoms with Crippen LogP contribution in [-0.4, -0.2) is 50.1 Å². The molecule has 1 saturated carbocycles. The molecule has 0 N–H and O–H groups in total. The monoisotopic (exact) mass is 444 g/mol. The summed E-state index contributed by atoms with van der Waals surface area (Å²) in [5.41, 5.74) is 3.60. The van der Waals surface area contributed by atoms with Gasteiger partial charge in [0.05, 0.1) is 13.4 Å². The first-order valence-electron chi connectivity index (χ1n) is 12.7. The molecule has 2 unspecified atom stereocenters. The fraction of sp³-hybridized carbons (Fsp3) is 0.724. The van der Waals surface area contributed by atoms with Gasteiger partial charge in [0.1, 0.15) is 0 Å². The maximum atomic E-state index is 5.17. The van der Waals surface area contributed by atoms with E-state index >= 15 is 0 Å². The minimum atomic E-state index is 0.377. The van der Waals surface area contributed by atoms with Crippen LogP contribution in [0.3, 0.4) is 0 Å². The van der Waals surface area contributed by atoms with Crippen molar-refractivity contribution in [1.82, 2.24) is 9.80 Å². The van der Waals surface area contributed by atoms with Gasteiger partial charge in [-0.2, -0.15) is 0 Å². The molecule has 0 aromatic heterocycles. The molecule has 0 spiro atoms. The highest BCUT2D eigenvalue weighted by molar-refractivity contribution is 5.25. The molecule has 0 amide bonds. The van der Waals surface area contributed by atoms with Crippen molar-refractivity contribution in [3.05, 3.63) is 47.9 Å². The van der Waals surface area contributed by atoms with Crippen molar-refractivity contribution in [2.75, 3.05) is 40.3 Å². The van der Waals surface area contributed by atoms with E-state index in [1.165, 1.54) is 43.3 Å². The lowest BCUT2D eigenvalue weighted by Gasteiger charge is -2.34. The van der Waals surface area contributed by atoms with E-state index in [1.54, 1.807) is 7.11 Å². The van der Waals surface area contributed by atoms with Gasteiger partial charge in [-0.1, -0.05) is 65.3 Å². The van der Waals surface area contributed by atoms with Gasteiger partial charge in [0, 0.05) is 32.9 Å². The zero-order valence-corrected chi connectivity index (χ0v) is 22.7. The van der Waals surface area contributed by atoms with E-state index in [9.17, 15) is 0 Å². The summed E-state index contributed by atoms with van der Waals surface area (Å²) < 4.78 is 5.17. The van der Waals surface area contributed by atoms with Crippen LogP contribution in [0.1, 0.15) is 80.6 Å². The van der Waals surface area contributed by atoms with E-state index in [0.29, 0.717) is 16.7 Å². The van der Waals surface area contributed by atoms with E-state index in [-0.39, 0.29) is 0 Å². The first kappa shape index (κ1) is 28.6. The lowest BCUT2D eigenvalue weighted by atomic mass is 9.71. The predicted octanol–water partition coefficient (Wildman–Crippen LogP) is 7.44. The molecule has 0 saturated heterocycles. The molecule has 0 aliphatic heterocycles. The second-order valence-corrected chi connectivity index (χ2v) is 11.0. The standard InChI is InChI=1S/C29H52N2O/c1-10-13-14-15-27(26-16-17-29(7,11-2)24-28(5,6)20-26)22-30(8)18-19-31(12-3)21-25(4)23-32-9/h10,13-15,22-23,26H,11-12,16-21,24H2,1-9H3/b13-10-,15-14-,25-23+,27-22-. The molecule has 32 heavy (non-hydrogen) atoms. The Labute approximate surface area is 200 Å². The van der Waals surface area contributed by atoms with E-state index in [4.69, 9.17) is 4.74 Å². The van der Waals surface area contributed by atoms with Crippen LogP contribution < -0.4 is 0 Å². The van der Waals surface area contributed by atoms with Crippen LogP contribution in [0.2, 0.25) is 0 Å². The smallest absolute Gasteiger partial charge is 0.0826 e. The average Bonchev–Trinajstić information content (AvgIpc) is 2.85. The summed E-state index contributed by atoms with van der Waals surface area (Å²) >= 11 is 0. The van der Waals surface area contributed by atoms with Crippen LogP contribution in [-0.2, 0) is 4.74 Å². The number of ether oxygens (including phenoxy) is 1. The van der Waals surface area contributed by atoms with Crippen molar-refractivity contribution in [3.8, 4) is 0 Å². The number of allylic oxidation sites excluding steroid dienone is 5. The Morgan fingerprint density at radius 2 is 1.84 bits per heavy atom. The predicted molar refractivity (Wildman–Crippen MR) is 142 cm³/mol. The van der Waals surface area contributed by atoms with Crippen molar-refractivity contribution < 1.29 is 4.74 Å². The molecule has 1 aliphatic carbocycles. The van der Waals surface area contributed by atoms with Crippen LogP contribution in [0.4, 0.5) is 0 Å². The maximum Gasteiger partial charge on any atom is 0.0826 e. The molecule has 0 heterocycles. The van der Waals surface area contributed by atoms with Crippen LogP contribution in [0.5, 0.6) is 0 Å². The van der Waals surface area contributed by atoms with Gasteiger partial charge in [-0.3, -0.25) is 4.90 Å². The summed E-state index contributed by atoms with van der Waals surface area (Å²) in [5.74, 6) is 0.622. The summed E-state index contributed by atoms with van der Waals surface area (Å²) in [6.45, 7) is 20.4. The van der Waals surface area contributed by atoms with Crippen LogP contribution >= 0.6 is 0 Å². The third-order valence-electron chi connectivity index (χ3n) is 7.10. The molecule has 2 atom stereocenters. The lowest BCUT2D eigenvalue weighted by molar-refractivity contribution is 0.172. The molecule has 0 bridgehead atoms. The van der Waals surface area contributed by atoms with Gasteiger partial charge in [-0.05, 0) is 74.0 Å². The number of hydrogen-bond donors (Lipinski definition) is 0. The third kappa shape index (κ3) is 10.4. The van der Waals surface area contributed by atoms with Gasteiger partial charge < -0.3 is 9.64 Å². The first-order valence-corrected chi connectivity index (χ1v) is 12.7. The Hall–Kier alpha value is -1.48. The lowest BCUT2D eigenvalue weighted by Crippen LogP contribution is -2.32. The largest absolute Gasteiger partial charge is 0.504 e. The molecule has 184 valence electrons. The van der Waals surface area contributed by atoms with Crippen molar-refractivity contribution >= 4 is 0 Å². The molecule has 0 radical (unpaired) electrons. The Balaban J connectivity index is 2.98. The highest BCUT2D eigenvalue weighted by atomic mass is 16.5. The molecule has 0 aromatic rings. The van der Waals surface area contributed by atoms with Crippen LogP contribution in [0.15, 0.2) is 47.9 Å². The fourth-order valence-corrected chi connectivity index (χ4v) is 5.31. The Morgan fingerprint density at radius 3 is 2.44 bits per heavy atom. The molecule has 3 heteroatoms. The summed E-state index contributed by atoms with van der Waals surface area (Å²) in [4.78, 5) is 4.87. The third-order valence-corrected chi connectivity index (χ3v) is 7.10. The summed E-state index contributed by atoms with van der Waals surface area (Å²) in [7, 11) is 3.95. The summed E-state index contributed by atoms with van der Waals surface area (Å²) in [6, 6.07) is 0. The summed E-state index contributed by atoms with van der Waals surface area (Å²) in [6.07, 6.45) is 19.6. The van der Waals surface area contributed by atoms with Crippen LogP contribution in [0.25, 0.3) is 0 Å². The summed E-state index contributed by atoms with van der Waals surface area (Å²) in [5, 5.41) is 0. The second-order valence-electron chi connectivity index (χ2n) is 11.0. The number of hydrogen-bond acceptors (Lipinski definition) is 3. The zero-order chi connectivity index (χ0) is 24.2. The topological polar surface area (TPSA) is 15.7 Å². The maximum absolute atomic E-state index is 5.17. The van der Waals surface area contributed by atoms with Crippen LogP contribution in [0, 0.1) is 16.7 Å². The van der Waals surface area contributed by atoms with E-state index in [1.807, 2.05) is 6.26 Å². The van der Waals surface area contributed by atoms with E-state index in [2.05, 4.69) is 95.8 Å². The highest BCUT2D eigenvalue weighted by Crippen LogP contribution is 2.49. The Bertz CT molecular complexity index is 658. The van der Waals surface area contributed by atoms with Crippen molar-refractivity contribution in [3.63, 3.8) is 0 Å². The van der Waals surface area contributed by atoms with E-state index < -0.39 is 0 Å². The SMILES string of the molecule is C\C=C/C=C\C(=C\N(C)CCN(CC)C/C(C)=C/OC)C1CCC(C)(CC)CC(C)(C)C1. The molecule has 0 aromatic carbocycles.